The van der Waals surface area contributed by atoms with E-state index in [1.165, 1.54) is 19.1 Å². The van der Waals surface area contributed by atoms with E-state index in [4.69, 9.17) is 18.9 Å². The maximum Gasteiger partial charge on any atom is 0.350 e. The van der Waals surface area contributed by atoms with Gasteiger partial charge in [-0.1, -0.05) is 11.3 Å². The average molecular weight is 565 g/mol. The van der Waals surface area contributed by atoms with Gasteiger partial charge in [-0.3, -0.25) is 14.5 Å². The quantitative estimate of drug-likeness (QED) is 0.190. The molecule has 2 atom stereocenters. The number of rotatable bonds is 7. The van der Waals surface area contributed by atoms with Crippen molar-refractivity contribution < 1.29 is 38.4 Å². The van der Waals surface area contributed by atoms with Crippen LogP contribution < -0.4 is 19.1 Å². The molecule has 2 unspecified atom stereocenters. The number of Topliss-reactive ketones (excluding diaryl/α,β-unsaturated/α-hetero) is 1. The molecular formula is C29H28N2O8S. The van der Waals surface area contributed by atoms with Gasteiger partial charge in [0.05, 0.1) is 32.1 Å². The predicted octanol–water partition coefficient (Wildman–Crippen LogP) is 4.60. The molecule has 10 nitrogen and oxygen atoms in total. The van der Waals surface area contributed by atoms with Gasteiger partial charge >= 0.3 is 11.9 Å². The van der Waals surface area contributed by atoms with E-state index in [2.05, 4.69) is 4.98 Å². The van der Waals surface area contributed by atoms with Crippen LogP contribution in [0.15, 0.2) is 42.0 Å². The van der Waals surface area contributed by atoms with Crippen molar-refractivity contribution in [1.82, 2.24) is 4.98 Å². The van der Waals surface area contributed by atoms with Crippen LogP contribution in [-0.4, -0.2) is 54.7 Å². The summed E-state index contributed by atoms with van der Waals surface area (Å²) in [5.41, 5.74) is 1.85. The largest absolute Gasteiger partial charge is 0.507 e. The molecule has 208 valence electrons. The lowest BCUT2D eigenvalue weighted by molar-refractivity contribution is -0.132. The Labute approximate surface area is 234 Å². The monoisotopic (exact) mass is 564 g/mol. The van der Waals surface area contributed by atoms with Gasteiger partial charge in [-0.15, -0.1) is 0 Å². The molecule has 3 heterocycles. The number of aryl methyl sites for hydroxylation is 1. The summed E-state index contributed by atoms with van der Waals surface area (Å²) in [6, 6.07) is 8.98. The molecule has 40 heavy (non-hydrogen) atoms. The summed E-state index contributed by atoms with van der Waals surface area (Å²) >= 11 is 0.933. The zero-order valence-corrected chi connectivity index (χ0v) is 23.5. The molecule has 3 aromatic rings. The third-order valence-corrected chi connectivity index (χ3v) is 7.93. The highest BCUT2D eigenvalue weighted by atomic mass is 32.1. The van der Waals surface area contributed by atoms with E-state index in [-0.39, 0.29) is 34.1 Å². The highest BCUT2D eigenvalue weighted by molar-refractivity contribution is 7.17. The van der Waals surface area contributed by atoms with Gasteiger partial charge in [-0.25, -0.2) is 9.78 Å². The summed E-state index contributed by atoms with van der Waals surface area (Å²) in [6.45, 7) is 5.43. The molecule has 1 amide bonds. The van der Waals surface area contributed by atoms with E-state index >= 15 is 0 Å². The number of hydrogen-bond acceptors (Lipinski definition) is 10. The van der Waals surface area contributed by atoms with Crippen LogP contribution in [0.4, 0.5) is 5.13 Å². The fourth-order valence-electron chi connectivity index (χ4n) is 4.97. The number of nitrogens with zero attached hydrogens (tertiary/aromatic N) is 2. The van der Waals surface area contributed by atoms with Gasteiger partial charge in [-0.05, 0) is 62.7 Å². The molecule has 2 aliphatic heterocycles. The number of ketones is 1. The lowest BCUT2D eigenvalue weighted by Gasteiger charge is -2.25. The Hall–Kier alpha value is -4.38. The minimum absolute atomic E-state index is 0.0132. The maximum absolute atomic E-state index is 13.6. The van der Waals surface area contributed by atoms with Crippen LogP contribution in [0.1, 0.15) is 51.9 Å². The van der Waals surface area contributed by atoms with Crippen LogP contribution in [0.2, 0.25) is 0 Å². The van der Waals surface area contributed by atoms with E-state index < -0.39 is 23.7 Å². The molecule has 1 aromatic heterocycles. The molecule has 0 spiro atoms. The zero-order valence-electron chi connectivity index (χ0n) is 22.6. The number of hydrogen-bond donors (Lipinski definition) is 1. The first-order valence-corrected chi connectivity index (χ1v) is 13.5. The summed E-state index contributed by atoms with van der Waals surface area (Å²) < 4.78 is 21.9. The van der Waals surface area contributed by atoms with Crippen molar-refractivity contribution in [3.63, 3.8) is 0 Å². The van der Waals surface area contributed by atoms with Crippen LogP contribution in [0, 0.1) is 6.92 Å². The Morgan fingerprint density at radius 3 is 2.65 bits per heavy atom. The van der Waals surface area contributed by atoms with Crippen molar-refractivity contribution in [1.29, 1.82) is 0 Å². The highest BCUT2D eigenvalue weighted by Crippen LogP contribution is 2.47. The number of thiazole rings is 1. The normalized spacial score (nSPS) is 19.4. The number of anilines is 1. The van der Waals surface area contributed by atoms with Gasteiger partial charge in [0.25, 0.3) is 5.78 Å². The van der Waals surface area contributed by atoms with Crippen LogP contribution >= 0.6 is 11.3 Å². The Morgan fingerprint density at radius 2 is 1.95 bits per heavy atom. The molecule has 11 heteroatoms. The predicted molar refractivity (Wildman–Crippen MR) is 147 cm³/mol. The zero-order chi connectivity index (χ0) is 28.7. The van der Waals surface area contributed by atoms with Crippen molar-refractivity contribution in [2.45, 2.75) is 39.3 Å². The maximum atomic E-state index is 13.6. The Kier molecular flexibility index (Phi) is 7.24. The van der Waals surface area contributed by atoms with Crippen LogP contribution in [0.5, 0.6) is 17.2 Å². The highest BCUT2D eigenvalue weighted by Gasteiger charge is 2.49. The molecule has 1 fully saturated rings. The topological polar surface area (TPSA) is 124 Å². The Bertz CT molecular complexity index is 1560. The van der Waals surface area contributed by atoms with E-state index in [1.54, 1.807) is 50.2 Å². The van der Waals surface area contributed by atoms with Gasteiger partial charge in [0.15, 0.2) is 5.13 Å². The van der Waals surface area contributed by atoms with Gasteiger partial charge < -0.3 is 24.1 Å². The summed E-state index contributed by atoms with van der Waals surface area (Å²) in [5, 5.41) is 11.7. The third-order valence-electron chi connectivity index (χ3n) is 6.80. The Morgan fingerprint density at radius 1 is 1.18 bits per heavy atom. The van der Waals surface area contributed by atoms with Crippen molar-refractivity contribution >= 4 is 39.9 Å². The van der Waals surface area contributed by atoms with Crippen molar-refractivity contribution in [3.05, 3.63) is 69.2 Å². The summed E-state index contributed by atoms with van der Waals surface area (Å²) in [5.74, 6) is -1.21. The van der Waals surface area contributed by atoms with Crippen molar-refractivity contribution in [3.8, 4) is 17.2 Å². The number of ether oxygens (including phenoxy) is 4. The first-order valence-electron chi connectivity index (χ1n) is 12.7. The number of aliphatic hydroxyl groups excluding tert-OH is 1. The standard InChI is InChI=1S/C29H28N2O8S/c1-6-38-28(35)26-15(3)30-29(40-26)31-23(19-13-18(36-4)8-10-21(19)37-5)22(25(33)27(31)34)24(32)16-7-9-20-17(12-16)11-14(2)39-20/h7-10,12-14,23,32H,6,11H2,1-5H3/b24-22+. The second-order valence-electron chi connectivity index (χ2n) is 9.36. The fourth-order valence-corrected chi connectivity index (χ4v) is 5.96. The van der Waals surface area contributed by atoms with Gasteiger partial charge in [-0.2, -0.15) is 0 Å². The molecule has 5 rings (SSSR count). The second kappa shape index (κ2) is 10.6. The minimum atomic E-state index is -1.13. The van der Waals surface area contributed by atoms with Gasteiger partial charge in [0.1, 0.15) is 40.0 Å². The number of carbonyl (C=O) groups excluding carboxylic acids is 3. The van der Waals surface area contributed by atoms with Crippen LogP contribution in [0.25, 0.3) is 5.76 Å². The number of methoxy groups -OCH3 is 2. The lowest BCUT2D eigenvalue weighted by atomic mass is 9.93. The molecule has 1 saturated heterocycles. The number of aliphatic hydroxyl groups is 1. The molecule has 0 saturated carbocycles. The second-order valence-corrected chi connectivity index (χ2v) is 10.3. The van der Waals surface area contributed by atoms with Crippen molar-refractivity contribution in [2.24, 2.45) is 0 Å². The van der Waals surface area contributed by atoms with E-state index in [0.717, 1.165) is 16.9 Å². The fraction of sp³-hybridized carbons (Fsp3) is 0.310. The molecule has 1 N–H and O–H groups in total. The summed E-state index contributed by atoms with van der Waals surface area (Å²) in [4.78, 5) is 45.6. The summed E-state index contributed by atoms with van der Waals surface area (Å²) in [6.07, 6.45) is 0.633. The smallest absolute Gasteiger partial charge is 0.350 e. The molecule has 2 aromatic carbocycles. The summed E-state index contributed by atoms with van der Waals surface area (Å²) in [7, 11) is 2.96. The molecule has 0 aliphatic carbocycles. The lowest BCUT2D eigenvalue weighted by Crippen LogP contribution is -2.29. The Balaban J connectivity index is 1.73. The van der Waals surface area contributed by atoms with Gasteiger partial charge in [0, 0.05) is 17.5 Å². The number of fused-ring (bicyclic) bond motifs is 1. The minimum Gasteiger partial charge on any atom is -0.507 e. The number of amides is 1. The number of esters is 1. The van der Waals surface area contributed by atoms with E-state index in [9.17, 15) is 19.5 Å². The number of carbonyl (C=O) groups is 3. The SMILES string of the molecule is CCOC(=O)c1sc(N2C(=O)C(=O)/C(=C(/O)c3ccc4c(c3)CC(C)O4)C2c2cc(OC)ccc2OC)nc1C. The third kappa shape index (κ3) is 4.56. The van der Waals surface area contributed by atoms with Gasteiger partial charge in [0.2, 0.25) is 0 Å². The molecule has 0 radical (unpaired) electrons. The van der Waals surface area contributed by atoms with E-state index in [1.807, 2.05) is 6.92 Å². The molecule has 0 bridgehead atoms. The van der Waals surface area contributed by atoms with E-state index in [0.29, 0.717) is 40.5 Å². The first kappa shape index (κ1) is 27.2. The van der Waals surface area contributed by atoms with Crippen LogP contribution in [0.3, 0.4) is 0 Å². The van der Waals surface area contributed by atoms with Crippen LogP contribution in [-0.2, 0) is 20.7 Å². The number of benzene rings is 2. The van der Waals surface area contributed by atoms with Crippen molar-refractivity contribution in [2.75, 3.05) is 25.7 Å². The molecular weight excluding hydrogens is 536 g/mol. The average Bonchev–Trinajstić information content (AvgIpc) is 3.59. The number of aromatic nitrogens is 1. The molecule has 2 aliphatic rings. The first-order chi connectivity index (χ1) is 19.2.